The average molecular weight is 418 g/mol. The molecule has 2 aromatic rings. The van der Waals surface area contributed by atoms with Gasteiger partial charge in [0, 0.05) is 36.8 Å². The first-order valence-corrected chi connectivity index (χ1v) is 9.73. The predicted octanol–water partition coefficient (Wildman–Crippen LogP) is 1.95. The maximum atomic E-state index is 12.5. The van der Waals surface area contributed by atoms with Gasteiger partial charge in [-0.25, -0.2) is 9.59 Å². The zero-order valence-corrected chi connectivity index (χ0v) is 17.4. The van der Waals surface area contributed by atoms with Crippen LogP contribution >= 0.6 is 0 Å². The van der Waals surface area contributed by atoms with Crippen molar-refractivity contribution in [2.24, 2.45) is 7.05 Å². The number of esters is 1. The van der Waals surface area contributed by atoms with Gasteiger partial charge in [0.25, 0.3) is 5.91 Å². The van der Waals surface area contributed by atoms with E-state index in [4.69, 9.17) is 4.74 Å². The van der Waals surface area contributed by atoms with Crippen LogP contribution in [0.15, 0.2) is 12.1 Å². The molecule has 0 aliphatic heterocycles. The van der Waals surface area contributed by atoms with Crippen molar-refractivity contribution in [1.82, 2.24) is 25.3 Å². The lowest BCUT2D eigenvalue weighted by Gasteiger charge is -2.14. The standard InChI is InChI=1S/C19H26N6O5/c1-10(2)20-19(28)30-12-6-5-11(7-12)13-9-16(23-22-13)21-17(26)15-8-14(18(27)29-4)24-25(15)3/h8-12H,5-7H2,1-4H3,(H,20,28)(H2,21,22,23,26)/t11?,12-/m1/s1. The van der Waals surface area contributed by atoms with Crippen LogP contribution in [0.1, 0.15) is 65.7 Å². The lowest BCUT2D eigenvalue weighted by Crippen LogP contribution is -2.33. The largest absolute Gasteiger partial charge is 0.464 e. The molecule has 1 aliphatic carbocycles. The molecule has 11 nitrogen and oxygen atoms in total. The average Bonchev–Trinajstić information content (AvgIpc) is 3.40. The zero-order valence-electron chi connectivity index (χ0n) is 17.4. The van der Waals surface area contributed by atoms with Gasteiger partial charge in [-0.2, -0.15) is 10.2 Å². The molecule has 1 fully saturated rings. The van der Waals surface area contributed by atoms with E-state index >= 15 is 0 Å². The van der Waals surface area contributed by atoms with Crippen molar-refractivity contribution in [3.63, 3.8) is 0 Å². The number of aryl methyl sites for hydroxylation is 1. The summed E-state index contributed by atoms with van der Waals surface area (Å²) >= 11 is 0. The quantitative estimate of drug-likeness (QED) is 0.609. The van der Waals surface area contributed by atoms with Gasteiger partial charge in [0.1, 0.15) is 11.8 Å². The fourth-order valence-electron chi connectivity index (χ4n) is 3.42. The highest BCUT2D eigenvalue weighted by atomic mass is 16.6. The Kier molecular flexibility index (Phi) is 6.38. The normalized spacial score (nSPS) is 18.3. The molecule has 11 heteroatoms. The number of ether oxygens (including phenoxy) is 2. The van der Waals surface area contributed by atoms with Crippen LogP contribution in [0, 0.1) is 0 Å². The van der Waals surface area contributed by atoms with Gasteiger partial charge in [0.15, 0.2) is 11.5 Å². The third kappa shape index (κ3) is 4.97. The van der Waals surface area contributed by atoms with Crippen LogP contribution in [0.25, 0.3) is 0 Å². The highest BCUT2D eigenvalue weighted by molar-refractivity contribution is 6.03. The molecule has 2 amide bonds. The number of carbonyl (C=O) groups excluding carboxylic acids is 3. The van der Waals surface area contributed by atoms with Gasteiger partial charge in [-0.05, 0) is 33.1 Å². The molecule has 2 aromatic heterocycles. The van der Waals surface area contributed by atoms with E-state index in [2.05, 4.69) is 30.7 Å². The molecule has 2 atom stereocenters. The van der Waals surface area contributed by atoms with Gasteiger partial charge in [0.05, 0.1) is 7.11 Å². The molecule has 3 rings (SSSR count). The molecule has 3 N–H and O–H groups in total. The van der Waals surface area contributed by atoms with Crippen LogP contribution in [0.5, 0.6) is 0 Å². The van der Waals surface area contributed by atoms with Crippen molar-refractivity contribution in [1.29, 1.82) is 0 Å². The van der Waals surface area contributed by atoms with Crippen LogP contribution in [-0.4, -0.2) is 57.2 Å². The number of hydrogen-bond donors (Lipinski definition) is 3. The van der Waals surface area contributed by atoms with E-state index in [0.29, 0.717) is 12.2 Å². The first-order chi connectivity index (χ1) is 14.3. The first-order valence-electron chi connectivity index (χ1n) is 9.73. The Hall–Kier alpha value is -3.37. The van der Waals surface area contributed by atoms with E-state index in [1.165, 1.54) is 17.9 Å². The summed E-state index contributed by atoms with van der Waals surface area (Å²) in [7, 11) is 2.81. The van der Waals surface area contributed by atoms with E-state index in [1.54, 1.807) is 13.1 Å². The number of H-pyrrole nitrogens is 1. The second-order valence-corrected chi connectivity index (χ2v) is 7.53. The van der Waals surface area contributed by atoms with Gasteiger partial charge < -0.3 is 20.1 Å². The maximum Gasteiger partial charge on any atom is 0.407 e. The molecule has 2 heterocycles. The molecule has 1 saturated carbocycles. The van der Waals surface area contributed by atoms with E-state index in [0.717, 1.165) is 18.5 Å². The fraction of sp³-hybridized carbons (Fsp3) is 0.526. The van der Waals surface area contributed by atoms with Gasteiger partial charge >= 0.3 is 12.1 Å². The lowest BCUT2D eigenvalue weighted by molar-refractivity contribution is 0.0593. The third-order valence-electron chi connectivity index (χ3n) is 4.85. The molecule has 30 heavy (non-hydrogen) atoms. The molecular weight excluding hydrogens is 392 g/mol. The number of rotatable bonds is 6. The number of aromatic nitrogens is 4. The van der Waals surface area contributed by atoms with Crippen LogP contribution < -0.4 is 10.6 Å². The first kappa shape index (κ1) is 21.3. The number of alkyl carbamates (subject to hydrolysis) is 1. The number of anilines is 1. The molecule has 0 radical (unpaired) electrons. The van der Waals surface area contributed by atoms with Crippen LogP contribution in [0.2, 0.25) is 0 Å². The molecule has 0 saturated heterocycles. The Bertz CT molecular complexity index is 934. The smallest absolute Gasteiger partial charge is 0.407 e. The minimum absolute atomic E-state index is 0.0246. The summed E-state index contributed by atoms with van der Waals surface area (Å²) in [6.07, 6.45) is 1.74. The third-order valence-corrected chi connectivity index (χ3v) is 4.85. The monoisotopic (exact) mass is 418 g/mol. The topological polar surface area (TPSA) is 140 Å². The van der Waals surface area contributed by atoms with E-state index < -0.39 is 18.0 Å². The Labute approximate surface area is 173 Å². The van der Waals surface area contributed by atoms with Gasteiger partial charge in [-0.3, -0.25) is 14.6 Å². The second-order valence-electron chi connectivity index (χ2n) is 7.53. The van der Waals surface area contributed by atoms with Crippen LogP contribution in [0.3, 0.4) is 0 Å². The van der Waals surface area contributed by atoms with Crippen molar-refractivity contribution in [2.45, 2.75) is 51.2 Å². The summed E-state index contributed by atoms with van der Waals surface area (Å²) in [5.41, 5.74) is 1.11. The Balaban J connectivity index is 1.58. The van der Waals surface area contributed by atoms with Crippen molar-refractivity contribution < 1.29 is 23.9 Å². The molecule has 0 spiro atoms. The number of nitrogens with zero attached hydrogens (tertiary/aromatic N) is 3. The number of methoxy groups -OCH3 is 1. The fourth-order valence-corrected chi connectivity index (χ4v) is 3.42. The SMILES string of the molecule is COC(=O)c1cc(C(=O)Nc2cc(C3CC[C@@H](OC(=O)NC(C)C)C3)[nH]n2)n(C)n1. The van der Waals surface area contributed by atoms with Crippen molar-refractivity contribution in [3.8, 4) is 0 Å². The Morgan fingerprint density at radius 1 is 1.27 bits per heavy atom. The Morgan fingerprint density at radius 3 is 2.73 bits per heavy atom. The summed E-state index contributed by atoms with van der Waals surface area (Å²) < 4.78 is 11.4. The number of hydrogen-bond acceptors (Lipinski definition) is 7. The van der Waals surface area contributed by atoms with E-state index in [9.17, 15) is 14.4 Å². The summed E-state index contributed by atoms with van der Waals surface area (Å²) in [4.78, 5) is 35.8. The predicted molar refractivity (Wildman–Crippen MR) is 106 cm³/mol. The van der Waals surface area contributed by atoms with E-state index in [1.807, 2.05) is 13.8 Å². The summed E-state index contributed by atoms with van der Waals surface area (Å²) in [5.74, 6) is -0.552. The summed E-state index contributed by atoms with van der Waals surface area (Å²) in [6, 6.07) is 3.14. The number of nitrogens with one attached hydrogen (secondary N) is 3. The number of aromatic amines is 1. The molecule has 1 unspecified atom stereocenters. The van der Waals surface area contributed by atoms with Gasteiger partial charge in [-0.1, -0.05) is 0 Å². The van der Waals surface area contributed by atoms with Crippen LogP contribution in [-0.2, 0) is 16.5 Å². The highest BCUT2D eigenvalue weighted by Crippen LogP contribution is 2.35. The molecular formula is C19H26N6O5. The Morgan fingerprint density at radius 2 is 2.03 bits per heavy atom. The van der Waals surface area contributed by atoms with Crippen molar-refractivity contribution >= 4 is 23.8 Å². The number of carbonyl (C=O) groups is 3. The minimum atomic E-state index is -0.619. The maximum absolute atomic E-state index is 12.5. The minimum Gasteiger partial charge on any atom is -0.464 e. The zero-order chi connectivity index (χ0) is 21.8. The highest BCUT2D eigenvalue weighted by Gasteiger charge is 2.30. The van der Waals surface area contributed by atoms with Crippen LogP contribution in [0.4, 0.5) is 10.6 Å². The van der Waals surface area contributed by atoms with Crippen molar-refractivity contribution in [2.75, 3.05) is 12.4 Å². The summed E-state index contributed by atoms with van der Waals surface area (Å²) in [5, 5.41) is 16.5. The van der Waals surface area contributed by atoms with Gasteiger partial charge in [-0.15, -0.1) is 0 Å². The lowest BCUT2D eigenvalue weighted by atomic mass is 10.0. The molecule has 0 bridgehead atoms. The number of amides is 2. The van der Waals surface area contributed by atoms with Gasteiger partial charge in [0.2, 0.25) is 0 Å². The van der Waals surface area contributed by atoms with Crippen molar-refractivity contribution in [3.05, 3.63) is 29.2 Å². The molecule has 0 aromatic carbocycles. The molecule has 1 aliphatic rings. The van der Waals surface area contributed by atoms with E-state index in [-0.39, 0.29) is 29.5 Å². The molecule has 162 valence electrons. The second kappa shape index (κ2) is 8.97. The summed E-state index contributed by atoms with van der Waals surface area (Å²) in [6.45, 7) is 3.75.